The molecule has 1 aromatic heterocycles. The molecule has 1 atom stereocenters. The van der Waals surface area contributed by atoms with E-state index in [0.29, 0.717) is 9.21 Å². The van der Waals surface area contributed by atoms with Gasteiger partial charge in [-0.1, -0.05) is 13.8 Å². The number of carboxylic acid groups (broad SMARTS) is 1. The van der Waals surface area contributed by atoms with Gasteiger partial charge in [0.05, 0.1) is 6.54 Å². The molecule has 0 aliphatic rings. The summed E-state index contributed by atoms with van der Waals surface area (Å²) in [7, 11) is 0. The van der Waals surface area contributed by atoms with E-state index in [1.165, 1.54) is 0 Å². The standard InChI is InChI=1S/C9H13Br2N3O2/c1-4(2)8-13-6(10)7(11)14(8)3-5(12)9(15)16/h4-5H,3,12H2,1-2H3,(H,15,16). The fourth-order valence-corrected chi connectivity index (χ4v) is 2.12. The van der Waals surface area contributed by atoms with Gasteiger partial charge in [-0.3, -0.25) is 4.79 Å². The van der Waals surface area contributed by atoms with E-state index in [9.17, 15) is 4.79 Å². The van der Waals surface area contributed by atoms with E-state index in [4.69, 9.17) is 10.8 Å². The zero-order valence-corrected chi connectivity index (χ0v) is 12.1. The molecule has 0 fully saturated rings. The summed E-state index contributed by atoms with van der Waals surface area (Å²) in [6.45, 7) is 4.18. The van der Waals surface area contributed by atoms with Crippen LogP contribution in [0.4, 0.5) is 0 Å². The zero-order valence-electron chi connectivity index (χ0n) is 8.94. The number of imidazole rings is 1. The molecule has 1 heterocycles. The topological polar surface area (TPSA) is 81.1 Å². The molecular formula is C9H13Br2N3O2. The Bertz CT molecular complexity index is 404. The van der Waals surface area contributed by atoms with Crippen molar-refractivity contribution in [2.45, 2.75) is 32.4 Å². The second-order valence-electron chi connectivity index (χ2n) is 3.76. The molecule has 0 radical (unpaired) electrons. The zero-order chi connectivity index (χ0) is 12.5. The highest BCUT2D eigenvalue weighted by Crippen LogP contribution is 2.27. The Morgan fingerprint density at radius 2 is 2.12 bits per heavy atom. The first-order valence-corrected chi connectivity index (χ1v) is 6.33. The number of rotatable bonds is 4. The third-order valence-electron chi connectivity index (χ3n) is 2.11. The highest BCUT2D eigenvalue weighted by atomic mass is 79.9. The van der Waals surface area contributed by atoms with E-state index in [1.807, 2.05) is 13.8 Å². The minimum Gasteiger partial charge on any atom is -0.480 e. The monoisotopic (exact) mass is 353 g/mol. The molecule has 0 amide bonds. The molecule has 3 N–H and O–H groups in total. The van der Waals surface area contributed by atoms with Gasteiger partial charge in [-0.05, 0) is 31.9 Å². The lowest BCUT2D eigenvalue weighted by atomic mass is 10.2. The van der Waals surface area contributed by atoms with Crippen LogP contribution < -0.4 is 5.73 Å². The summed E-state index contributed by atoms with van der Waals surface area (Å²) in [5.74, 6) is -0.0227. The number of aliphatic carboxylic acids is 1. The lowest BCUT2D eigenvalue weighted by molar-refractivity contribution is -0.138. The average molecular weight is 355 g/mol. The van der Waals surface area contributed by atoms with Crippen LogP contribution in [0.1, 0.15) is 25.6 Å². The predicted octanol–water partition coefficient (Wildman–Crippen LogP) is 1.94. The van der Waals surface area contributed by atoms with E-state index in [-0.39, 0.29) is 12.5 Å². The number of nitrogens with zero attached hydrogens (tertiary/aromatic N) is 2. The number of carboxylic acids is 1. The van der Waals surface area contributed by atoms with Crippen molar-refractivity contribution in [3.8, 4) is 0 Å². The molecule has 0 aliphatic heterocycles. The smallest absolute Gasteiger partial charge is 0.322 e. The third kappa shape index (κ3) is 2.83. The molecule has 7 heteroatoms. The summed E-state index contributed by atoms with van der Waals surface area (Å²) in [5.41, 5.74) is 5.51. The Labute approximate surface area is 110 Å². The predicted molar refractivity (Wildman–Crippen MR) is 67.3 cm³/mol. The molecule has 0 bridgehead atoms. The quantitative estimate of drug-likeness (QED) is 0.865. The highest BCUT2D eigenvalue weighted by Gasteiger charge is 2.20. The Kier molecular flexibility index (Phi) is 4.52. The highest BCUT2D eigenvalue weighted by molar-refractivity contribution is 9.13. The van der Waals surface area contributed by atoms with Gasteiger partial charge >= 0.3 is 5.97 Å². The fraction of sp³-hybridized carbons (Fsp3) is 0.556. The maximum atomic E-state index is 10.7. The molecule has 0 aromatic carbocycles. The largest absolute Gasteiger partial charge is 0.480 e. The summed E-state index contributed by atoms with van der Waals surface area (Å²) in [6, 6.07) is -0.935. The Morgan fingerprint density at radius 3 is 2.56 bits per heavy atom. The van der Waals surface area contributed by atoms with Crippen LogP contribution in [0.3, 0.4) is 0 Å². The first kappa shape index (κ1) is 13.7. The second-order valence-corrected chi connectivity index (χ2v) is 5.26. The van der Waals surface area contributed by atoms with Gasteiger partial charge in [-0.15, -0.1) is 0 Å². The van der Waals surface area contributed by atoms with Crippen LogP contribution in [-0.4, -0.2) is 26.7 Å². The number of halogens is 2. The van der Waals surface area contributed by atoms with Crippen molar-refractivity contribution in [1.29, 1.82) is 0 Å². The normalized spacial score (nSPS) is 13.1. The van der Waals surface area contributed by atoms with Crippen LogP contribution in [0.5, 0.6) is 0 Å². The van der Waals surface area contributed by atoms with Gasteiger partial charge < -0.3 is 15.4 Å². The van der Waals surface area contributed by atoms with Gasteiger partial charge in [-0.2, -0.15) is 0 Å². The van der Waals surface area contributed by atoms with Gasteiger partial charge in [0.2, 0.25) is 0 Å². The second kappa shape index (κ2) is 5.29. The van der Waals surface area contributed by atoms with Crippen LogP contribution >= 0.6 is 31.9 Å². The molecule has 5 nitrogen and oxygen atoms in total. The summed E-state index contributed by atoms with van der Waals surface area (Å²) >= 11 is 6.65. The van der Waals surface area contributed by atoms with Crippen molar-refractivity contribution in [1.82, 2.24) is 9.55 Å². The van der Waals surface area contributed by atoms with Gasteiger partial charge in [0.15, 0.2) is 0 Å². The first-order chi connectivity index (χ1) is 7.34. The maximum absolute atomic E-state index is 10.7. The average Bonchev–Trinajstić information content (AvgIpc) is 2.45. The number of aromatic nitrogens is 2. The van der Waals surface area contributed by atoms with Crippen LogP contribution in [0.2, 0.25) is 0 Å². The van der Waals surface area contributed by atoms with E-state index in [0.717, 1.165) is 5.82 Å². The van der Waals surface area contributed by atoms with Gasteiger partial charge in [0.1, 0.15) is 21.1 Å². The molecule has 90 valence electrons. The molecule has 1 aromatic rings. The van der Waals surface area contributed by atoms with E-state index >= 15 is 0 Å². The molecule has 0 saturated heterocycles. The van der Waals surface area contributed by atoms with Crippen LogP contribution in [-0.2, 0) is 11.3 Å². The van der Waals surface area contributed by atoms with E-state index < -0.39 is 12.0 Å². The van der Waals surface area contributed by atoms with Crippen molar-refractivity contribution in [2.24, 2.45) is 5.73 Å². The third-order valence-corrected chi connectivity index (χ3v) is 4.00. The number of hydrogen-bond donors (Lipinski definition) is 2. The van der Waals surface area contributed by atoms with Crippen LogP contribution in [0, 0.1) is 0 Å². The summed E-state index contributed by atoms with van der Waals surface area (Å²) in [5, 5.41) is 8.78. The van der Waals surface area contributed by atoms with E-state index in [1.54, 1.807) is 4.57 Å². The minimum atomic E-state index is -1.02. The molecule has 1 unspecified atom stereocenters. The summed E-state index contributed by atoms with van der Waals surface area (Å²) in [6.07, 6.45) is 0. The summed E-state index contributed by atoms with van der Waals surface area (Å²) in [4.78, 5) is 15.0. The number of carbonyl (C=O) groups is 1. The Balaban J connectivity index is 3.06. The SMILES string of the molecule is CC(C)c1nc(Br)c(Br)n1CC(N)C(=O)O. The van der Waals surface area contributed by atoms with Crippen molar-refractivity contribution in [2.75, 3.05) is 0 Å². The molecule has 1 rings (SSSR count). The lowest BCUT2D eigenvalue weighted by Gasteiger charge is -2.13. The molecule has 0 aliphatic carbocycles. The van der Waals surface area contributed by atoms with Crippen LogP contribution in [0.25, 0.3) is 0 Å². The van der Waals surface area contributed by atoms with Gasteiger partial charge in [0, 0.05) is 5.92 Å². The van der Waals surface area contributed by atoms with Crippen molar-refractivity contribution in [3.63, 3.8) is 0 Å². The summed E-state index contributed by atoms with van der Waals surface area (Å²) < 4.78 is 3.15. The molecular weight excluding hydrogens is 342 g/mol. The van der Waals surface area contributed by atoms with E-state index in [2.05, 4.69) is 36.8 Å². The molecule has 16 heavy (non-hydrogen) atoms. The molecule has 0 saturated carbocycles. The Hall–Kier alpha value is -0.400. The van der Waals surface area contributed by atoms with Crippen molar-refractivity contribution in [3.05, 3.63) is 15.0 Å². The Morgan fingerprint density at radius 1 is 1.56 bits per heavy atom. The fourth-order valence-electron chi connectivity index (χ4n) is 1.31. The maximum Gasteiger partial charge on any atom is 0.322 e. The minimum absolute atomic E-state index is 0.196. The van der Waals surface area contributed by atoms with Crippen molar-refractivity contribution < 1.29 is 9.90 Å². The van der Waals surface area contributed by atoms with Crippen LogP contribution in [0.15, 0.2) is 9.21 Å². The van der Waals surface area contributed by atoms with Gasteiger partial charge in [-0.25, -0.2) is 4.98 Å². The number of nitrogens with two attached hydrogens (primary N) is 1. The first-order valence-electron chi connectivity index (χ1n) is 4.74. The number of hydrogen-bond acceptors (Lipinski definition) is 3. The van der Waals surface area contributed by atoms with Crippen molar-refractivity contribution >= 4 is 37.8 Å². The lowest BCUT2D eigenvalue weighted by Crippen LogP contribution is -2.35. The molecule has 0 spiro atoms. The van der Waals surface area contributed by atoms with Gasteiger partial charge in [0.25, 0.3) is 0 Å².